The monoisotopic (exact) mass is 457 g/mol. The predicted molar refractivity (Wildman–Crippen MR) is 147 cm³/mol. The second-order valence-electron chi connectivity index (χ2n) is 12.1. The first kappa shape index (κ1) is 24.2. The summed E-state index contributed by atoms with van der Waals surface area (Å²) in [7, 11) is -2.49. The molecule has 1 saturated carbocycles. The summed E-state index contributed by atoms with van der Waals surface area (Å²) >= 11 is 0. The Hall–Kier alpha value is -1.90. The Morgan fingerprint density at radius 2 is 1.21 bits per heavy atom. The molecule has 176 valence electrons. The number of hydrogen-bond acceptors (Lipinski definition) is 1. The number of rotatable bonds is 5. The van der Waals surface area contributed by atoms with Gasteiger partial charge in [0.2, 0.25) is 8.24 Å². The van der Waals surface area contributed by atoms with Crippen LogP contribution in [0, 0.1) is 10.8 Å². The van der Waals surface area contributed by atoms with Crippen LogP contribution in [-0.4, -0.2) is 14.3 Å². The van der Waals surface area contributed by atoms with Gasteiger partial charge in [0.1, 0.15) is 0 Å². The second kappa shape index (κ2) is 9.39. The van der Waals surface area contributed by atoms with Crippen molar-refractivity contribution in [1.82, 2.24) is 4.98 Å². The molecule has 2 aliphatic carbocycles. The smallest absolute Gasteiger partial charge is 0.222 e. The van der Waals surface area contributed by atoms with Crippen molar-refractivity contribution in [2.24, 2.45) is 10.8 Å². The molecule has 2 heteroatoms. The lowest BCUT2D eigenvalue weighted by Crippen LogP contribution is -2.73. The predicted octanol–water partition coefficient (Wildman–Crippen LogP) is 6.93. The van der Waals surface area contributed by atoms with Crippen molar-refractivity contribution in [2.45, 2.75) is 86.1 Å². The van der Waals surface area contributed by atoms with Gasteiger partial charge in [0.05, 0.1) is 0 Å². The number of allylic oxidation sites excluding steroid dienone is 4. The Morgan fingerprint density at radius 1 is 0.697 bits per heavy atom. The summed E-state index contributed by atoms with van der Waals surface area (Å²) in [5.74, 6) is 0. The normalized spacial score (nSPS) is 18.5. The Balaban J connectivity index is 2.07. The van der Waals surface area contributed by atoms with Crippen LogP contribution in [0.2, 0.25) is 0 Å². The van der Waals surface area contributed by atoms with Crippen LogP contribution in [0.3, 0.4) is 0 Å². The van der Waals surface area contributed by atoms with Crippen LogP contribution < -0.4 is 15.4 Å². The fourth-order valence-corrected chi connectivity index (χ4v) is 11.5. The molecule has 0 radical (unpaired) electrons. The molecule has 0 aromatic heterocycles. The van der Waals surface area contributed by atoms with Gasteiger partial charge in [-0.1, -0.05) is 133 Å². The Kier molecular flexibility index (Phi) is 6.89. The molecular formula is C31H43NSi. The maximum Gasteiger partial charge on any atom is 0.222 e. The van der Waals surface area contributed by atoms with Crippen LogP contribution in [0.1, 0.15) is 80.1 Å². The zero-order chi connectivity index (χ0) is 23.7. The lowest BCUT2D eigenvalue weighted by Gasteiger charge is -2.44. The summed E-state index contributed by atoms with van der Waals surface area (Å²) in [6.07, 6.45) is 10.3. The molecule has 0 atom stereocenters. The molecule has 2 aromatic carbocycles. The van der Waals surface area contributed by atoms with Gasteiger partial charge in [0, 0.05) is 6.04 Å². The van der Waals surface area contributed by atoms with Crippen molar-refractivity contribution in [2.75, 3.05) is 0 Å². The maximum absolute atomic E-state index is 4.49. The molecule has 2 aliphatic rings. The van der Waals surface area contributed by atoms with E-state index < -0.39 is 8.24 Å². The first-order valence-corrected chi connectivity index (χ1v) is 15.0. The topological polar surface area (TPSA) is 12.0 Å². The highest BCUT2D eigenvalue weighted by Crippen LogP contribution is 2.47. The molecule has 1 N–H and O–H groups in total. The molecule has 0 saturated heterocycles. The van der Waals surface area contributed by atoms with Crippen molar-refractivity contribution < 1.29 is 0 Å². The van der Waals surface area contributed by atoms with Crippen molar-refractivity contribution in [3.05, 3.63) is 83.1 Å². The number of hydrogen-bond donors (Lipinski definition) is 1. The molecule has 0 spiro atoms. The van der Waals surface area contributed by atoms with E-state index in [1.165, 1.54) is 42.5 Å². The summed E-state index contributed by atoms with van der Waals surface area (Å²) in [4.78, 5) is 4.49. The summed E-state index contributed by atoms with van der Waals surface area (Å²) in [6, 6.07) is 23.5. The summed E-state index contributed by atoms with van der Waals surface area (Å²) in [5, 5.41) is 4.65. The summed E-state index contributed by atoms with van der Waals surface area (Å²) in [5.41, 5.74) is 3.44. The quantitative estimate of drug-likeness (QED) is 0.480. The molecule has 0 aliphatic heterocycles. The van der Waals surface area contributed by atoms with Crippen LogP contribution in [0.5, 0.6) is 0 Å². The van der Waals surface area contributed by atoms with Crippen LogP contribution in [0.25, 0.3) is 0 Å². The first-order chi connectivity index (χ1) is 15.6. The highest BCUT2D eigenvalue weighted by atomic mass is 28.3. The van der Waals surface area contributed by atoms with Gasteiger partial charge in [0.15, 0.2) is 0 Å². The van der Waals surface area contributed by atoms with E-state index in [1.54, 1.807) is 16.3 Å². The van der Waals surface area contributed by atoms with Crippen molar-refractivity contribution in [1.29, 1.82) is 0 Å². The summed E-state index contributed by atoms with van der Waals surface area (Å²) in [6.45, 7) is 14.5. The van der Waals surface area contributed by atoms with Gasteiger partial charge in [-0.15, -0.1) is 0 Å². The SMILES string of the molecule is CC(C)(C)C1=CCC(C(C)(C)C)=C1[Si](NC1CCCCC1)(c1ccccc1)c1ccccc1. The molecule has 2 aromatic rings. The zero-order valence-electron chi connectivity index (χ0n) is 21.7. The van der Waals surface area contributed by atoms with E-state index >= 15 is 0 Å². The van der Waals surface area contributed by atoms with E-state index in [0.29, 0.717) is 6.04 Å². The van der Waals surface area contributed by atoms with E-state index in [1.807, 2.05) is 0 Å². The molecule has 33 heavy (non-hydrogen) atoms. The highest BCUT2D eigenvalue weighted by molar-refractivity contribution is 7.06. The zero-order valence-corrected chi connectivity index (χ0v) is 22.7. The molecule has 0 unspecified atom stereocenters. The minimum atomic E-state index is -2.49. The molecule has 0 amide bonds. The van der Waals surface area contributed by atoms with E-state index in [4.69, 9.17) is 0 Å². The van der Waals surface area contributed by atoms with E-state index in [2.05, 4.69) is 113 Å². The third-order valence-corrected chi connectivity index (χ3v) is 12.2. The maximum atomic E-state index is 4.49. The van der Waals surface area contributed by atoms with Crippen LogP contribution >= 0.6 is 0 Å². The van der Waals surface area contributed by atoms with Gasteiger partial charge in [-0.3, -0.25) is 0 Å². The first-order valence-electron chi connectivity index (χ1n) is 13.0. The third kappa shape index (κ3) is 4.84. The molecule has 1 nitrogen and oxygen atoms in total. The molecular weight excluding hydrogens is 414 g/mol. The Labute approximate surface area is 203 Å². The van der Waals surface area contributed by atoms with Crippen molar-refractivity contribution in [3.8, 4) is 0 Å². The fourth-order valence-electron chi connectivity index (χ4n) is 5.99. The van der Waals surface area contributed by atoms with Crippen LogP contribution in [-0.2, 0) is 0 Å². The summed E-state index contributed by atoms with van der Waals surface area (Å²) < 4.78 is 0. The minimum absolute atomic E-state index is 0.110. The largest absolute Gasteiger partial charge is 0.324 e. The van der Waals surface area contributed by atoms with Gasteiger partial charge in [0.25, 0.3) is 0 Å². The van der Waals surface area contributed by atoms with Crippen LogP contribution in [0.4, 0.5) is 0 Å². The van der Waals surface area contributed by atoms with E-state index in [-0.39, 0.29) is 10.8 Å². The van der Waals surface area contributed by atoms with Crippen molar-refractivity contribution >= 4 is 18.6 Å². The van der Waals surface area contributed by atoms with Gasteiger partial charge < -0.3 is 4.98 Å². The minimum Gasteiger partial charge on any atom is -0.324 e. The van der Waals surface area contributed by atoms with Gasteiger partial charge >= 0.3 is 0 Å². The van der Waals surface area contributed by atoms with Gasteiger partial charge in [-0.2, -0.15) is 0 Å². The van der Waals surface area contributed by atoms with Gasteiger partial charge in [-0.25, -0.2) is 0 Å². The number of nitrogens with one attached hydrogen (secondary N) is 1. The second-order valence-corrected chi connectivity index (χ2v) is 15.6. The lowest BCUT2D eigenvalue weighted by molar-refractivity contribution is 0.415. The highest BCUT2D eigenvalue weighted by Gasteiger charge is 2.49. The van der Waals surface area contributed by atoms with Crippen LogP contribution in [0.15, 0.2) is 83.1 Å². The number of benzene rings is 2. The molecule has 4 rings (SSSR count). The average Bonchev–Trinajstić information content (AvgIpc) is 3.26. The Morgan fingerprint density at radius 3 is 1.67 bits per heavy atom. The molecule has 0 bridgehead atoms. The van der Waals surface area contributed by atoms with E-state index in [9.17, 15) is 0 Å². The Bertz CT molecular complexity index is 957. The average molecular weight is 458 g/mol. The lowest BCUT2D eigenvalue weighted by atomic mass is 9.83. The molecule has 1 fully saturated rings. The fraction of sp³-hybridized carbons (Fsp3) is 0.484. The van der Waals surface area contributed by atoms with Crippen molar-refractivity contribution in [3.63, 3.8) is 0 Å². The van der Waals surface area contributed by atoms with E-state index in [0.717, 1.165) is 6.42 Å². The molecule has 0 heterocycles. The standard InChI is InChI=1S/C31H43NSi/c1-30(2,3)27-22-23-28(31(4,5)6)29(27)33(25-18-12-8-13-19-25,26-20-14-9-15-21-26)32-24-16-10-7-11-17-24/h8-9,12-15,18-22,24,32H,7,10-11,16-17,23H2,1-6H3. The third-order valence-electron chi connectivity index (χ3n) is 7.61. The van der Waals surface area contributed by atoms with Gasteiger partial charge in [-0.05, 0) is 51.2 Å².